The molecule has 7 N–H and O–H groups in total. The quantitative estimate of drug-likeness (QED) is 0.0753. The number of nitrogens with one attached hydrogen (secondary N) is 1. The maximum absolute atomic E-state index is 12.6. The Morgan fingerprint density at radius 1 is 1.12 bits per heavy atom. The summed E-state index contributed by atoms with van der Waals surface area (Å²) in [5.41, 5.74) is 21.3. The molecule has 0 saturated carbocycles. The van der Waals surface area contributed by atoms with Crippen molar-refractivity contribution < 1.29 is 9.53 Å². The van der Waals surface area contributed by atoms with Gasteiger partial charge in [-0.05, 0) is 41.2 Å². The third-order valence-electron chi connectivity index (χ3n) is 6.60. The molecule has 2 heterocycles. The van der Waals surface area contributed by atoms with E-state index < -0.39 is 12.0 Å². The molecule has 2 aromatic carbocycles. The Morgan fingerprint density at radius 3 is 2.56 bits per heavy atom. The minimum absolute atomic E-state index is 0.00578. The molecule has 0 aliphatic heterocycles. The Kier molecular flexibility index (Phi) is 10.4. The number of ether oxygens (including phenoxy) is 1. The molecule has 0 amide bonds. The van der Waals surface area contributed by atoms with Crippen molar-refractivity contribution in [3.05, 3.63) is 70.8 Å². The molecule has 1 unspecified atom stereocenters. The molecule has 4 rings (SSSR count). The van der Waals surface area contributed by atoms with Crippen LogP contribution in [0.3, 0.4) is 0 Å². The number of halogens is 1. The van der Waals surface area contributed by atoms with Crippen LogP contribution in [0, 0.1) is 0 Å². The summed E-state index contributed by atoms with van der Waals surface area (Å²) in [6, 6.07) is 15.3. The Labute approximate surface area is 243 Å². The van der Waals surface area contributed by atoms with Crippen LogP contribution in [0.5, 0.6) is 0 Å². The second kappa shape index (κ2) is 14.4. The van der Waals surface area contributed by atoms with Gasteiger partial charge in [0.2, 0.25) is 5.82 Å². The summed E-state index contributed by atoms with van der Waals surface area (Å²) in [7, 11) is 0. The van der Waals surface area contributed by atoms with Crippen LogP contribution < -0.4 is 17.2 Å². The van der Waals surface area contributed by atoms with Crippen molar-refractivity contribution in [2.24, 2.45) is 22.2 Å². The van der Waals surface area contributed by atoms with Crippen molar-refractivity contribution in [2.45, 2.75) is 58.2 Å². The molecule has 0 spiro atoms. The van der Waals surface area contributed by atoms with Crippen molar-refractivity contribution in [1.29, 1.82) is 0 Å². The fraction of sp³-hybridized carbons (Fsp3) is 0.357. The zero-order valence-corrected chi connectivity index (χ0v) is 23.7. The van der Waals surface area contributed by atoms with Gasteiger partial charge in [-0.15, -0.1) is 10.2 Å². The Balaban J connectivity index is 1.49. The maximum Gasteiger partial charge on any atom is 0.323 e. The number of H-pyrrole nitrogens is 1. The van der Waals surface area contributed by atoms with Crippen LogP contribution in [-0.2, 0) is 29.1 Å². The SMILES string of the molecule is CCCCc1nc(Cl)c(COC(=O)C(N)CCCN=C(N)N)n1Cc1ccc(-c2ccccc2-c2nn[nH]n2)cc1. The van der Waals surface area contributed by atoms with Crippen LogP contribution in [-0.4, -0.2) is 54.7 Å². The van der Waals surface area contributed by atoms with Gasteiger partial charge in [0.1, 0.15) is 18.5 Å². The molecule has 0 radical (unpaired) electrons. The van der Waals surface area contributed by atoms with Gasteiger partial charge < -0.3 is 26.5 Å². The van der Waals surface area contributed by atoms with E-state index in [4.69, 9.17) is 33.5 Å². The number of hydrogen-bond donors (Lipinski definition) is 4. The zero-order valence-electron chi connectivity index (χ0n) is 23.0. The van der Waals surface area contributed by atoms with Crippen molar-refractivity contribution >= 4 is 23.5 Å². The van der Waals surface area contributed by atoms with Gasteiger partial charge >= 0.3 is 5.97 Å². The van der Waals surface area contributed by atoms with Gasteiger partial charge in [0.25, 0.3) is 0 Å². The lowest BCUT2D eigenvalue weighted by Gasteiger charge is -2.15. The van der Waals surface area contributed by atoms with Gasteiger partial charge in [0, 0.05) is 25.1 Å². The summed E-state index contributed by atoms with van der Waals surface area (Å²) < 4.78 is 7.58. The molecular weight excluding hydrogens is 544 g/mol. The van der Waals surface area contributed by atoms with Gasteiger partial charge in [-0.1, -0.05) is 73.5 Å². The lowest BCUT2D eigenvalue weighted by atomic mass is 9.98. The van der Waals surface area contributed by atoms with Gasteiger partial charge in [-0.2, -0.15) is 5.21 Å². The fourth-order valence-corrected chi connectivity index (χ4v) is 4.67. The first-order chi connectivity index (χ1) is 19.9. The van der Waals surface area contributed by atoms with Crippen LogP contribution in [0.15, 0.2) is 53.5 Å². The standard InChI is InChI=1S/C28H35ClN10O2/c1-2-3-10-24-34-25(29)23(17-41-27(40)22(30)9-6-15-33-28(31)32)39(24)16-18-11-13-19(14-12-18)20-7-4-5-8-21(20)26-35-37-38-36-26/h4-5,7-8,11-14,22H,2-3,6,9-10,15-17,30H2,1H3,(H4,31,32,33)(H,35,36,37,38). The number of carbonyl (C=O) groups is 1. The molecule has 4 aromatic rings. The predicted octanol–water partition coefficient (Wildman–Crippen LogP) is 3.20. The highest BCUT2D eigenvalue weighted by Gasteiger charge is 2.20. The number of nitrogens with zero attached hydrogens (tertiary/aromatic N) is 6. The first kappa shape index (κ1) is 29.7. The Hall–Kier alpha value is -4.29. The highest BCUT2D eigenvalue weighted by atomic mass is 35.5. The number of esters is 1. The predicted molar refractivity (Wildman–Crippen MR) is 158 cm³/mol. The number of benzene rings is 2. The van der Waals surface area contributed by atoms with Gasteiger partial charge in [-0.3, -0.25) is 9.79 Å². The van der Waals surface area contributed by atoms with Crippen LogP contribution >= 0.6 is 11.6 Å². The van der Waals surface area contributed by atoms with Crippen LogP contribution in [0.4, 0.5) is 0 Å². The van der Waals surface area contributed by atoms with Crippen molar-refractivity contribution in [3.63, 3.8) is 0 Å². The highest BCUT2D eigenvalue weighted by molar-refractivity contribution is 6.30. The molecule has 12 nitrogen and oxygen atoms in total. The summed E-state index contributed by atoms with van der Waals surface area (Å²) in [6.07, 6.45) is 3.68. The minimum Gasteiger partial charge on any atom is -0.458 e. The number of imidazole rings is 1. The molecule has 0 saturated heterocycles. The van der Waals surface area contributed by atoms with Gasteiger partial charge in [0.15, 0.2) is 11.1 Å². The Morgan fingerprint density at radius 2 is 1.88 bits per heavy atom. The van der Waals surface area contributed by atoms with E-state index in [1.807, 2.05) is 28.8 Å². The van der Waals surface area contributed by atoms with E-state index in [-0.39, 0.29) is 12.6 Å². The van der Waals surface area contributed by atoms with E-state index >= 15 is 0 Å². The van der Waals surface area contributed by atoms with Gasteiger partial charge in [0.05, 0.1) is 5.69 Å². The van der Waals surface area contributed by atoms with E-state index in [9.17, 15) is 4.79 Å². The first-order valence-corrected chi connectivity index (χ1v) is 13.9. The molecule has 216 valence electrons. The van der Waals surface area contributed by atoms with E-state index in [2.05, 4.69) is 61.8 Å². The summed E-state index contributed by atoms with van der Waals surface area (Å²) in [5.74, 6) is 0.867. The van der Waals surface area contributed by atoms with Crippen LogP contribution in [0.25, 0.3) is 22.5 Å². The van der Waals surface area contributed by atoms with Crippen molar-refractivity contribution in [2.75, 3.05) is 6.54 Å². The zero-order chi connectivity index (χ0) is 29.2. The number of nitrogens with two attached hydrogens (primary N) is 3. The monoisotopic (exact) mass is 578 g/mol. The summed E-state index contributed by atoms with van der Waals surface area (Å²) in [5, 5.41) is 14.8. The fourth-order valence-electron chi connectivity index (χ4n) is 4.42. The molecule has 1 atom stereocenters. The number of carbonyl (C=O) groups excluding carboxylic acids is 1. The van der Waals surface area contributed by atoms with E-state index in [1.165, 1.54) is 0 Å². The smallest absolute Gasteiger partial charge is 0.323 e. The molecule has 0 fully saturated rings. The molecule has 13 heteroatoms. The second-order valence-electron chi connectivity index (χ2n) is 9.60. The number of aryl methyl sites for hydroxylation is 1. The summed E-state index contributed by atoms with van der Waals surface area (Å²) >= 11 is 6.55. The third-order valence-corrected chi connectivity index (χ3v) is 6.90. The number of unbranched alkanes of at least 4 members (excludes halogenated alkanes) is 1. The van der Waals surface area contributed by atoms with Crippen LogP contribution in [0.2, 0.25) is 5.15 Å². The number of tetrazole rings is 1. The van der Waals surface area contributed by atoms with Crippen molar-refractivity contribution in [1.82, 2.24) is 30.2 Å². The van der Waals surface area contributed by atoms with Crippen molar-refractivity contribution in [3.8, 4) is 22.5 Å². The number of aromatic amines is 1. The lowest BCUT2D eigenvalue weighted by Crippen LogP contribution is -2.32. The number of hydrogen-bond acceptors (Lipinski definition) is 8. The average Bonchev–Trinajstić information content (AvgIpc) is 3.61. The van der Waals surface area contributed by atoms with Crippen LogP contribution in [0.1, 0.15) is 49.7 Å². The number of guanidine groups is 1. The maximum atomic E-state index is 12.6. The largest absolute Gasteiger partial charge is 0.458 e. The third kappa shape index (κ3) is 7.89. The van der Waals surface area contributed by atoms with E-state index in [1.54, 1.807) is 0 Å². The molecule has 41 heavy (non-hydrogen) atoms. The number of aliphatic imine (C=N–C) groups is 1. The topological polar surface area (TPSA) is 189 Å². The number of rotatable bonds is 14. The molecular formula is C28H35ClN10O2. The molecule has 2 aromatic heterocycles. The first-order valence-electron chi connectivity index (χ1n) is 13.5. The molecule has 0 aliphatic rings. The van der Waals surface area contributed by atoms with E-state index in [0.717, 1.165) is 47.3 Å². The highest BCUT2D eigenvalue weighted by Crippen LogP contribution is 2.30. The molecule has 0 aliphatic carbocycles. The van der Waals surface area contributed by atoms with E-state index in [0.29, 0.717) is 42.6 Å². The number of aromatic nitrogens is 6. The lowest BCUT2D eigenvalue weighted by molar-refractivity contribution is -0.146. The normalized spacial score (nSPS) is 11.8. The second-order valence-corrected chi connectivity index (χ2v) is 9.95. The van der Waals surface area contributed by atoms with Gasteiger partial charge in [-0.25, -0.2) is 4.98 Å². The Bertz CT molecular complexity index is 1450. The summed E-state index contributed by atoms with van der Waals surface area (Å²) in [6.45, 7) is 3.00. The summed E-state index contributed by atoms with van der Waals surface area (Å²) in [4.78, 5) is 21.1. The average molecular weight is 579 g/mol. The minimum atomic E-state index is -0.790. The molecule has 0 bridgehead atoms.